The first kappa shape index (κ1) is 14.6. The van der Waals surface area contributed by atoms with E-state index in [4.69, 9.17) is 11.6 Å². The van der Waals surface area contributed by atoms with Gasteiger partial charge >= 0.3 is 0 Å². The molecule has 0 aliphatic carbocycles. The minimum atomic E-state index is -0.0892. The number of halogens is 1. The van der Waals surface area contributed by atoms with E-state index in [0.717, 1.165) is 11.1 Å². The van der Waals surface area contributed by atoms with E-state index in [9.17, 15) is 4.79 Å². The van der Waals surface area contributed by atoms with Crippen LogP contribution in [0.5, 0.6) is 0 Å². The van der Waals surface area contributed by atoms with E-state index in [1.54, 1.807) is 0 Å². The van der Waals surface area contributed by atoms with Crippen LogP contribution in [0.2, 0.25) is 0 Å². The molecular formula is C17H18ClNO. The minimum Gasteiger partial charge on any atom is -0.331 e. The fourth-order valence-electron chi connectivity index (χ4n) is 2.40. The van der Waals surface area contributed by atoms with Crippen LogP contribution in [0.3, 0.4) is 0 Å². The van der Waals surface area contributed by atoms with Crippen LogP contribution < -0.4 is 0 Å². The highest BCUT2D eigenvalue weighted by molar-refractivity contribution is 6.27. The third-order valence-corrected chi connectivity index (χ3v) is 3.55. The van der Waals surface area contributed by atoms with E-state index in [-0.39, 0.29) is 17.8 Å². The Bertz CT molecular complexity index is 502. The van der Waals surface area contributed by atoms with Crippen molar-refractivity contribution in [2.24, 2.45) is 0 Å². The lowest BCUT2D eigenvalue weighted by molar-refractivity contribution is -0.129. The number of amides is 1. The van der Waals surface area contributed by atoms with Crippen molar-refractivity contribution in [3.63, 3.8) is 0 Å². The standard InChI is InChI=1S/C17H18ClNO/c1-2-19(16(20)13-18)17(14-9-5-3-6-10-14)15-11-7-4-8-12-15/h3-12,17H,2,13H2,1H3. The van der Waals surface area contributed by atoms with Gasteiger partial charge in [-0.25, -0.2) is 0 Å². The molecule has 0 atom stereocenters. The molecule has 0 spiro atoms. The van der Waals surface area contributed by atoms with Crippen LogP contribution in [-0.2, 0) is 4.79 Å². The SMILES string of the molecule is CCN(C(=O)CCl)C(c1ccccc1)c1ccccc1. The lowest BCUT2D eigenvalue weighted by Gasteiger charge is -2.31. The van der Waals surface area contributed by atoms with Gasteiger partial charge in [0, 0.05) is 6.54 Å². The summed E-state index contributed by atoms with van der Waals surface area (Å²) in [6.45, 7) is 2.60. The summed E-state index contributed by atoms with van der Waals surface area (Å²) in [5.74, 6) is -0.0452. The largest absolute Gasteiger partial charge is 0.331 e. The van der Waals surface area contributed by atoms with Crippen molar-refractivity contribution >= 4 is 17.5 Å². The number of nitrogens with zero attached hydrogens (tertiary/aromatic N) is 1. The molecule has 0 heterocycles. The Morgan fingerprint density at radius 2 is 1.45 bits per heavy atom. The van der Waals surface area contributed by atoms with Crippen LogP contribution in [0.25, 0.3) is 0 Å². The average molecular weight is 288 g/mol. The fraction of sp³-hybridized carbons (Fsp3) is 0.235. The first-order valence-corrected chi connectivity index (χ1v) is 7.26. The van der Waals surface area contributed by atoms with Gasteiger partial charge in [0.25, 0.3) is 0 Å². The zero-order valence-corrected chi connectivity index (χ0v) is 12.3. The maximum absolute atomic E-state index is 12.1. The van der Waals surface area contributed by atoms with Crippen molar-refractivity contribution in [1.29, 1.82) is 0 Å². The quantitative estimate of drug-likeness (QED) is 0.765. The smallest absolute Gasteiger partial charge is 0.238 e. The molecule has 0 saturated heterocycles. The molecule has 0 aliphatic rings. The van der Waals surface area contributed by atoms with Crippen molar-refractivity contribution in [1.82, 2.24) is 4.90 Å². The number of hydrogen-bond donors (Lipinski definition) is 0. The van der Waals surface area contributed by atoms with Crippen molar-refractivity contribution in [3.05, 3.63) is 71.8 Å². The van der Waals surface area contributed by atoms with Gasteiger partial charge in [-0.15, -0.1) is 11.6 Å². The normalized spacial score (nSPS) is 10.6. The second-order valence-corrected chi connectivity index (χ2v) is 4.80. The first-order chi connectivity index (χ1) is 9.77. The molecule has 20 heavy (non-hydrogen) atoms. The molecule has 3 heteroatoms. The summed E-state index contributed by atoms with van der Waals surface area (Å²) in [5.41, 5.74) is 2.19. The molecule has 0 aliphatic heterocycles. The summed E-state index contributed by atoms with van der Waals surface area (Å²) in [6.07, 6.45) is 0. The second kappa shape index (κ2) is 7.11. The van der Waals surface area contributed by atoms with Crippen molar-refractivity contribution in [2.45, 2.75) is 13.0 Å². The van der Waals surface area contributed by atoms with Crippen LogP contribution in [0.1, 0.15) is 24.1 Å². The zero-order chi connectivity index (χ0) is 14.4. The third-order valence-electron chi connectivity index (χ3n) is 3.32. The van der Waals surface area contributed by atoms with Gasteiger partial charge in [0.1, 0.15) is 5.88 Å². The molecule has 0 unspecified atom stereocenters. The summed E-state index contributed by atoms with van der Waals surface area (Å²) >= 11 is 5.75. The Hall–Kier alpha value is -1.80. The molecule has 0 saturated carbocycles. The number of benzene rings is 2. The highest BCUT2D eigenvalue weighted by Gasteiger charge is 2.24. The number of alkyl halides is 1. The van der Waals surface area contributed by atoms with Gasteiger partial charge in [-0.1, -0.05) is 60.7 Å². The van der Waals surface area contributed by atoms with Gasteiger partial charge in [-0.3, -0.25) is 4.79 Å². The maximum Gasteiger partial charge on any atom is 0.238 e. The predicted molar refractivity (Wildman–Crippen MR) is 82.8 cm³/mol. The van der Waals surface area contributed by atoms with Crippen LogP contribution >= 0.6 is 11.6 Å². The topological polar surface area (TPSA) is 20.3 Å². The summed E-state index contributed by atoms with van der Waals surface area (Å²) in [6, 6.07) is 20.0. The second-order valence-electron chi connectivity index (χ2n) is 4.54. The van der Waals surface area contributed by atoms with Gasteiger partial charge in [0.05, 0.1) is 6.04 Å². The monoisotopic (exact) mass is 287 g/mol. The van der Waals surface area contributed by atoms with E-state index in [0.29, 0.717) is 6.54 Å². The molecule has 0 N–H and O–H groups in total. The van der Waals surface area contributed by atoms with E-state index in [1.165, 1.54) is 0 Å². The lowest BCUT2D eigenvalue weighted by atomic mass is 9.97. The van der Waals surface area contributed by atoms with E-state index < -0.39 is 0 Å². The summed E-state index contributed by atoms with van der Waals surface area (Å²) in [7, 11) is 0. The van der Waals surface area contributed by atoms with Crippen LogP contribution in [0.4, 0.5) is 0 Å². The van der Waals surface area contributed by atoms with Crippen LogP contribution in [-0.4, -0.2) is 23.2 Å². The van der Waals surface area contributed by atoms with Gasteiger partial charge in [0.2, 0.25) is 5.91 Å². The molecule has 1 amide bonds. The summed E-state index contributed by atoms with van der Waals surface area (Å²) < 4.78 is 0. The van der Waals surface area contributed by atoms with Crippen molar-refractivity contribution in [2.75, 3.05) is 12.4 Å². The Labute approximate surface area is 125 Å². The number of carbonyl (C=O) groups excluding carboxylic acids is 1. The Balaban J connectivity index is 2.47. The Morgan fingerprint density at radius 3 is 1.80 bits per heavy atom. The van der Waals surface area contributed by atoms with E-state index in [2.05, 4.69) is 0 Å². The number of hydrogen-bond acceptors (Lipinski definition) is 1. The molecule has 2 aromatic rings. The predicted octanol–water partition coefficient (Wildman–Crippen LogP) is 3.86. The summed E-state index contributed by atoms with van der Waals surface area (Å²) in [5, 5.41) is 0. The van der Waals surface area contributed by atoms with Crippen molar-refractivity contribution < 1.29 is 4.79 Å². The summed E-state index contributed by atoms with van der Waals surface area (Å²) in [4.78, 5) is 13.9. The Morgan fingerprint density at radius 1 is 1.00 bits per heavy atom. The molecule has 0 fully saturated rings. The molecule has 0 bridgehead atoms. The van der Waals surface area contributed by atoms with Crippen LogP contribution in [0, 0.1) is 0 Å². The molecule has 2 rings (SSSR count). The number of rotatable bonds is 5. The molecule has 0 aromatic heterocycles. The molecule has 104 valence electrons. The highest BCUT2D eigenvalue weighted by atomic mass is 35.5. The molecule has 2 nitrogen and oxygen atoms in total. The minimum absolute atomic E-state index is 0.00398. The van der Waals surface area contributed by atoms with E-state index >= 15 is 0 Å². The number of carbonyl (C=O) groups is 1. The van der Waals surface area contributed by atoms with Crippen LogP contribution in [0.15, 0.2) is 60.7 Å². The average Bonchev–Trinajstić information content (AvgIpc) is 2.53. The highest BCUT2D eigenvalue weighted by Crippen LogP contribution is 2.28. The van der Waals surface area contributed by atoms with Crippen molar-refractivity contribution in [3.8, 4) is 0 Å². The van der Waals surface area contributed by atoms with Gasteiger partial charge in [-0.05, 0) is 18.1 Å². The zero-order valence-electron chi connectivity index (χ0n) is 11.5. The first-order valence-electron chi connectivity index (χ1n) is 6.73. The van der Waals surface area contributed by atoms with E-state index in [1.807, 2.05) is 72.5 Å². The maximum atomic E-state index is 12.1. The van der Waals surface area contributed by atoms with Gasteiger partial charge in [0.15, 0.2) is 0 Å². The molecule has 0 radical (unpaired) electrons. The Kier molecular flexibility index (Phi) is 5.19. The molecule has 2 aromatic carbocycles. The fourth-order valence-corrected chi connectivity index (χ4v) is 2.56. The van der Waals surface area contributed by atoms with Gasteiger partial charge < -0.3 is 4.90 Å². The molecular weight excluding hydrogens is 270 g/mol. The van der Waals surface area contributed by atoms with Gasteiger partial charge in [-0.2, -0.15) is 0 Å². The third kappa shape index (κ3) is 3.20. The lowest BCUT2D eigenvalue weighted by Crippen LogP contribution is -2.36.